The fraction of sp³-hybridized carbons (Fsp3) is 0.118. The van der Waals surface area contributed by atoms with Crippen molar-refractivity contribution >= 4 is 0 Å². The number of rotatable bonds is 3. The molecule has 100 valence electrons. The van der Waals surface area contributed by atoms with Gasteiger partial charge in [-0.05, 0) is 6.92 Å². The minimum Gasteiger partial charge on any atom is -0.340 e. The second-order valence-electron chi connectivity index (χ2n) is 4.87. The van der Waals surface area contributed by atoms with Gasteiger partial charge in [0.05, 0.1) is 17.4 Å². The van der Waals surface area contributed by atoms with Crippen LogP contribution in [0.4, 0.5) is 0 Å². The number of aromatic amines is 1. The van der Waals surface area contributed by atoms with Gasteiger partial charge in [0.2, 0.25) is 0 Å². The van der Waals surface area contributed by atoms with Crippen LogP contribution in [0.15, 0.2) is 60.7 Å². The molecule has 3 rings (SSSR count). The molecule has 3 heteroatoms. The molecule has 3 N–H and O–H groups in total. The van der Waals surface area contributed by atoms with Gasteiger partial charge in [-0.2, -0.15) is 0 Å². The van der Waals surface area contributed by atoms with E-state index in [9.17, 15) is 0 Å². The number of H-pyrrole nitrogens is 1. The van der Waals surface area contributed by atoms with Crippen LogP contribution in [0, 0.1) is 0 Å². The molecule has 0 fully saturated rings. The van der Waals surface area contributed by atoms with Gasteiger partial charge in [0.15, 0.2) is 0 Å². The smallest absolute Gasteiger partial charge is 0.123 e. The van der Waals surface area contributed by atoms with Crippen LogP contribution in [0.1, 0.15) is 18.8 Å². The Labute approximate surface area is 118 Å². The van der Waals surface area contributed by atoms with Crippen molar-refractivity contribution in [1.29, 1.82) is 0 Å². The first-order valence-electron chi connectivity index (χ1n) is 6.72. The second kappa shape index (κ2) is 5.31. The lowest BCUT2D eigenvalue weighted by Gasteiger charge is -2.02. The van der Waals surface area contributed by atoms with Gasteiger partial charge in [-0.15, -0.1) is 0 Å². The average molecular weight is 263 g/mol. The predicted molar refractivity (Wildman–Crippen MR) is 82.1 cm³/mol. The van der Waals surface area contributed by atoms with Crippen molar-refractivity contribution in [3.05, 3.63) is 66.5 Å². The first kappa shape index (κ1) is 12.6. The summed E-state index contributed by atoms with van der Waals surface area (Å²) >= 11 is 0. The van der Waals surface area contributed by atoms with Crippen molar-refractivity contribution in [3.8, 4) is 22.5 Å². The summed E-state index contributed by atoms with van der Waals surface area (Å²) in [6, 6.07) is 20.3. The van der Waals surface area contributed by atoms with Gasteiger partial charge >= 0.3 is 0 Å². The van der Waals surface area contributed by atoms with Crippen LogP contribution in [0.25, 0.3) is 22.5 Å². The number of nitrogens with two attached hydrogens (primary N) is 1. The summed E-state index contributed by atoms with van der Waals surface area (Å²) in [5, 5.41) is 0. The molecule has 2 aromatic carbocycles. The number of hydrogen-bond acceptors (Lipinski definition) is 2. The number of hydrogen-bond donors (Lipinski definition) is 2. The van der Waals surface area contributed by atoms with E-state index in [-0.39, 0.29) is 6.04 Å². The van der Waals surface area contributed by atoms with Gasteiger partial charge in [0, 0.05) is 11.1 Å². The molecule has 0 radical (unpaired) electrons. The molecule has 0 unspecified atom stereocenters. The molecule has 0 spiro atoms. The Bertz CT molecular complexity index is 628. The van der Waals surface area contributed by atoms with E-state index in [4.69, 9.17) is 5.73 Å². The van der Waals surface area contributed by atoms with Crippen LogP contribution in [0.3, 0.4) is 0 Å². The monoisotopic (exact) mass is 263 g/mol. The van der Waals surface area contributed by atoms with E-state index in [2.05, 4.69) is 34.2 Å². The van der Waals surface area contributed by atoms with Crippen molar-refractivity contribution in [1.82, 2.24) is 9.97 Å². The molecule has 20 heavy (non-hydrogen) atoms. The fourth-order valence-corrected chi connectivity index (χ4v) is 2.23. The summed E-state index contributed by atoms with van der Waals surface area (Å²) in [6.45, 7) is 1.93. The zero-order chi connectivity index (χ0) is 13.9. The Morgan fingerprint density at radius 3 is 2.00 bits per heavy atom. The lowest BCUT2D eigenvalue weighted by molar-refractivity contribution is 0.757. The van der Waals surface area contributed by atoms with E-state index < -0.39 is 0 Å². The van der Waals surface area contributed by atoms with Crippen LogP contribution >= 0.6 is 0 Å². The van der Waals surface area contributed by atoms with E-state index in [1.807, 2.05) is 43.3 Å². The Morgan fingerprint density at radius 2 is 1.45 bits per heavy atom. The average Bonchev–Trinajstić information content (AvgIpc) is 2.94. The standard InChI is InChI=1S/C17H17N3/c1-12(18)17-19-15(13-8-4-2-5-9-13)16(20-17)14-10-6-3-7-11-14/h2-12H,18H2,1H3,(H,19,20)/t12-/m1/s1. The number of nitrogens with zero attached hydrogens (tertiary/aromatic N) is 1. The summed E-state index contributed by atoms with van der Waals surface area (Å²) in [7, 11) is 0. The molecule has 0 aliphatic rings. The highest BCUT2D eigenvalue weighted by Crippen LogP contribution is 2.30. The Morgan fingerprint density at radius 1 is 0.900 bits per heavy atom. The second-order valence-corrected chi connectivity index (χ2v) is 4.87. The topological polar surface area (TPSA) is 54.7 Å². The molecule has 0 aliphatic carbocycles. The predicted octanol–water partition coefficient (Wildman–Crippen LogP) is 3.76. The SMILES string of the molecule is C[C@@H](N)c1nc(-c2ccccc2)c(-c2ccccc2)[nH]1. The summed E-state index contributed by atoms with van der Waals surface area (Å²) in [5.41, 5.74) is 10.1. The summed E-state index contributed by atoms with van der Waals surface area (Å²) < 4.78 is 0. The van der Waals surface area contributed by atoms with E-state index >= 15 is 0 Å². The summed E-state index contributed by atoms with van der Waals surface area (Å²) in [6.07, 6.45) is 0. The van der Waals surface area contributed by atoms with Crippen LogP contribution in [-0.4, -0.2) is 9.97 Å². The molecule has 0 saturated heterocycles. The van der Waals surface area contributed by atoms with Crippen LogP contribution in [0.5, 0.6) is 0 Å². The quantitative estimate of drug-likeness (QED) is 0.756. The molecule has 1 atom stereocenters. The van der Waals surface area contributed by atoms with Gasteiger partial charge in [0.25, 0.3) is 0 Å². The third-order valence-corrected chi connectivity index (χ3v) is 3.26. The molecule has 0 saturated carbocycles. The fourth-order valence-electron chi connectivity index (χ4n) is 2.23. The Balaban J connectivity index is 2.18. The first-order valence-corrected chi connectivity index (χ1v) is 6.72. The van der Waals surface area contributed by atoms with Gasteiger partial charge in [-0.25, -0.2) is 4.98 Å². The van der Waals surface area contributed by atoms with E-state index in [0.29, 0.717) is 0 Å². The van der Waals surface area contributed by atoms with Gasteiger partial charge in [0.1, 0.15) is 5.82 Å². The molecule has 0 amide bonds. The maximum absolute atomic E-state index is 5.96. The lowest BCUT2D eigenvalue weighted by atomic mass is 10.1. The number of imidazole rings is 1. The van der Waals surface area contributed by atoms with Crippen molar-refractivity contribution in [2.45, 2.75) is 13.0 Å². The van der Waals surface area contributed by atoms with Crippen LogP contribution in [0.2, 0.25) is 0 Å². The number of aromatic nitrogens is 2. The highest BCUT2D eigenvalue weighted by atomic mass is 15.0. The van der Waals surface area contributed by atoms with E-state index in [1.54, 1.807) is 0 Å². The van der Waals surface area contributed by atoms with E-state index in [0.717, 1.165) is 28.3 Å². The Kier molecular flexibility index (Phi) is 3.35. The van der Waals surface area contributed by atoms with Gasteiger partial charge < -0.3 is 10.7 Å². The minimum absolute atomic E-state index is 0.116. The highest BCUT2D eigenvalue weighted by molar-refractivity contribution is 5.78. The van der Waals surface area contributed by atoms with Crippen LogP contribution in [-0.2, 0) is 0 Å². The molecule has 1 heterocycles. The first-order chi connectivity index (χ1) is 9.75. The zero-order valence-corrected chi connectivity index (χ0v) is 11.4. The van der Waals surface area contributed by atoms with Gasteiger partial charge in [-0.1, -0.05) is 60.7 Å². The summed E-state index contributed by atoms with van der Waals surface area (Å²) in [4.78, 5) is 8.04. The lowest BCUT2D eigenvalue weighted by Crippen LogP contribution is -2.06. The molecule has 0 aliphatic heterocycles. The molecular formula is C17H17N3. The molecule has 3 aromatic rings. The van der Waals surface area contributed by atoms with Gasteiger partial charge in [-0.3, -0.25) is 0 Å². The maximum Gasteiger partial charge on any atom is 0.123 e. The van der Waals surface area contributed by atoms with Crippen molar-refractivity contribution in [2.75, 3.05) is 0 Å². The van der Waals surface area contributed by atoms with Crippen molar-refractivity contribution in [2.24, 2.45) is 5.73 Å². The van der Waals surface area contributed by atoms with Crippen LogP contribution < -0.4 is 5.73 Å². The number of benzene rings is 2. The third kappa shape index (κ3) is 2.36. The number of nitrogens with one attached hydrogen (secondary N) is 1. The van der Waals surface area contributed by atoms with Crippen molar-refractivity contribution < 1.29 is 0 Å². The van der Waals surface area contributed by atoms with Crippen molar-refractivity contribution in [3.63, 3.8) is 0 Å². The summed E-state index contributed by atoms with van der Waals surface area (Å²) in [5.74, 6) is 0.808. The highest BCUT2D eigenvalue weighted by Gasteiger charge is 2.15. The third-order valence-electron chi connectivity index (χ3n) is 3.26. The molecule has 0 bridgehead atoms. The zero-order valence-electron chi connectivity index (χ0n) is 11.4. The Hall–Kier alpha value is -2.39. The largest absolute Gasteiger partial charge is 0.340 e. The molecule has 1 aromatic heterocycles. The molecule has 3 nitrogen and oxygen atoms in total. The van der Waals surface area contributed by atoms with E-state index in [1.165, 1.54) is 0 Å². The minimum atomic E-state index is -0.116. The molecular weight excluding hydrogens is 246 g/mol. The normalized spacial score (nSPS) is 12.3. The maximum atomic E-state index is 5.96.